The molecule has 0 radical (unpaired) electrons. The van der Waals surface area contributed by atoms with E-state index in [1.165, 1.54) is 0 Å². The smallest absolute Gasteiger partial charge is 0.254 e. The quantitative estimate of drug-likeness (QED) is 0.663. The molecule has 1 heterocycles. The second-order valence-electron chi connectivity index (χ2n) is 5.97. The van der Waals surface area contributed by atoms with Crippen molar-refractivity contribution in [1.29, 1.82) is 0 Å². The number of pyridine rings is 1. The number of carbonyl (C=O) groups is 1. The van der Waals surface area contributed by atoms with Gasteiger partial charge in [0.1, 0.15) is 0 Å². The summed E-state index contributed by atoms with van der Waals surface area (Å²) >= 11 is 0. The third-order valence-electron chi connectivity index (χ3n) is 4.25. The lowest BCUT2D eigenvalue weighted by atomic mass is 10.1. The Bertz CT molecular complexity index is 722. The molecule has 0 spiro atoms. The summed E-state index contributed by atoms with van der Waals surface area (Å²) in [5.41, 5.74) is 1.51. The topological polar surface area (TPSA) is 60.9 Å². The predicted molar refractivity (Wildman–Crippen MR) is 105 cm³/mol. The molecule has 1 unspecified atom stereocenters. The largest absolute Gasteiger partial charge is 0.490 e. The summed E-state index contributed by atoms with van der Waals surface area (Å²) in [5, 5.41) is 0. The first-order valence-electron chi connectivity index (χ1n) is 9.26. The molecule has 1 amide bonds. The standard InChI is InChI=1S/C21H28N2O4/c1-6-25-18-13-17(14-19(26-7-2)20(18)27-8-3)21(24)23(5)15(4)16-9-11-22-12-10-16/h9-15H,6-8H2,1-5H3. The van der Waals surface area contributed by atoms with Crippen molar-refractivity contribution in [2.45, 2.75) is 33.7 Å². The normalized spacial score (nSPS) is 11.6. The minimum absolute atomic E-state index is 0.0989. The average Bonchev–Trinajstić information content (AvgIpc) is 2.69. The van der Waals surface area contributed by atoms with Gasteiger partial charge < -0.3 is 19.1 Å². The van der Waals surface area contributed by atoms with Crippen LogP contribution in [0.2, 0.25) is 0 Å². The highest BCUT2D eigenvalue weighted by Gasteiger charge is 2.23. The van der Waals surface area contributed by atoms with Gasteiger partial charge in [-0.3, -0.25) is 9.78 Å². The molecule has 27 heavy (non-hydrogen) atoms. The molecule has 1 aromatic heterocycles. The zero-order valence-electron chi connectivity index (χ0n) is 16.7. The third-order valence-corrected chi connectivity index (χ3v) is 4.25. The Labute approximate surface area is 161 Å². The number of nitrogens with zero attached hydrogens (tertiary/aromatic N) is 2. The zero-order valence-corrected chi connectivity index (χ0v) is 16.7. The van der Waals surface area contributed by atoms with Crippen LogP contribution in [0.5, 0.6) is 17.2 Å². The Balaban J connectivity index is 2.39. The summed E-state index contributed by atoms with van der Waals surface area (Å²) < 4.78 is 17.1. The lowest BCUT2D eigenvalue weighted by molar-refractivity contribution is 0.0741. The van der Waals surface area contributed by atoms with Crippen molar-refractivity contribution in [3.63, 3.8) is 0 Å². The van der Waals surface area contributed by atoms with Gasteiger partial charge in [0, 0.05) is 25.0 Å². The van der Waals surface area contributed by atoms with E-state index < -0.39 is 0 Å². The number of ether oxygens (including phenoxy) is 3. The lowest BCUT2D eigenvalue weighted by Crippen LogP contribution is -2.29. The lowest BCUT2D eigenvalue weighted by Gasteiger charge is -2.26. The van der Waals surface area contributed by atoms with Gasteiger partial charge in [0.15, 0.2) is 11.5 Å². The van der Waals surface area contributed by atoms with E-state index in [2.05, 4.69) is 4.98 Å². The number of amides is 1. The second kappa shape index (κ2) is 9.80. The number of carbonyl (C=O) groups excluding carboxylic acids is 1. The number of hydrogen-bond donors (Lipinski definition) is 0. The number of aromatic nitrogens is 1. The van der Waals surface area contributed by atoms with Gasteiger partial charge in [0.05, 0.1) is 25.9 Å². The molecule has 0 aliphatic heterocycles. The van der Waals surface area contributed by atoms with Gasteiger partial charge in [-0.1, -0.05) is 0 Å². The van der Waals surface area contributed by atoms with Gasteiger partial charge in [-0.2, -0.15) is 0 Å². The van der Waals surface area contributed by atoms with E-state index in [9.17, 15) is 4.79 Å². The first-order chi connectivity index (χ1) is 13.0. The van der Waals surface area contributed by atoms with Crippen LogP contribution in [-0.4, -0.2) is 42.7 Å². The van der Waals surface area contributed by atoms with E-state index >= 15 is 0 Å². The molecule has 0 aliphatic carbocycles. The van der Waals surface area contributed by atoms with E-state index in [1.807, 2.05) is 39.8 Å². The van der Waals surface area contributed by atoms with E-state index in [0.717, 1.165) is 5.56 Å². The molecule has 0 saturated heterocycles. The summed E-state index contributed by atoms with van der Waals surface area (Å²) in [7, 11) is 1.78. The van der Waals surface area contributed by atoms with Crippen LogP contribution >= 0.6 is 0 Å². The molecular weight excluding hydrogens is 344 g/mol. The Morgan fingerprint density at radius 2 is 1.52 bits per heavy atom. The monoisotopic (exact) mass is 372 g/mol. The molecular formula is C21H28N2O4. The first kappa shape index (κ1) is 20.6. The van der Waals surface area contributed by atoms with Crippen LogP contribution in [-0.2, 0) is 0 Å². The van der Waals surface area contributed by atoms with Crippen LogP contribution in [0.1, 0.15) is 49.7 Å². The van der Waals surface area contributed by atoms with Crippen LogP contribution in [0.15, 0.2) is 36.7 Å². The van der Waals surface area contributed by atoms with Crippen molar-refractivity contribution >= 4 is 5.91 Å². The number of benzene rings is 1. The molecule has 0 fully saturated rings. The van der Waals surface area contributed by atoms with Gasteiger partial charge in [-0.25, -0.2) is 0 Å². The van der Waals surface area contributed by atoms with Crippen molar-refractivity contribution < 1.29 is 19.0 Å². The maximum atomic E-state index is 13.1. The van der Waals surface area contributed by atoms with Gasteiger partial charge in [-0.05, 0) is 57.5 Å². The van der Waals surface area contributed by atoms with Gasteiger partial charge in [0.25, 0.3) is 5.91 Å². The van der Waals surface area contributed by atoms with Crippen molar-refractivity contribution in [3.05, 3.63) is 47.8 Å². The van der Waals surface area contributed by atoms with E-state index in [-0.39, 0.29) is 11.9 Å². The Morgan fingerprint density at radius 3 is 2.00 bits per heavy atom. The number of hydrogen-bond acceptors (Lipinski definition) is 5. The maximum absolute atomic E-state index is 13.1. The molecule has 2 aromatic rings. The molecule has 0 aliphatic rings. The Morgan fingerprint density at radius 1 is 1.00 bits per heavy atom. The summed E-state index contributed by atoms with van der Waals surface area (Å²) in [6, 6.07) is 7.15. The third kappa shape index (κ3) is 4.90. The summed E-state index contributed by atoms with van der Waals surface area (Å²) in [6.45, 7) is 9.07. The van der Waals surface area contributed by atoms with Gasteiger partial charge in [0.2, 0.25) is 5.75 Å². The molecule has 0 bridgehead atoms. The minimum atomic E-state index is -0.121. The Kier molecular flexibility index (Phi) is 7.46. The summed E-state index contributed by atoms with van der Waals surface area (Å²) in [4.78, 5) is 18.8. The van der Waals surface area contributed by atoms with Crippen LogP contribution in [0, 0.1) is 0 Å². The molecule has 6 heteroatoms. The fourth-order valence-electron chi connectivity index (χ4n) is 2.76. The molecule has 6 nitrogen and oxygen atoms in total. The van der Waals surface area contributed by atoms with E-state index in [0.29, 0.717) is 42.6 Å². The minimum Gasteiger partial charge on any atom is -0.490 e. The van der Waals surface area contributed by atoms with Crippen molar-refractivity contribution in [2.24, 2.45) is 0 Å². The Hall–Kier alpha value is -2.76. The van der Waals surface area contributed by atoms with E-state index in [4.69, 9.17) is 14.2 Å². The predicted octanol–water partition coefficient (Wildman–Crippen LogP) is 4.11. The van der Waals surface area contributed by atoms with Crippen molar-refractivity contribution in [2.75, 3.05) is 26.9 Å². The number of rotatable bonds is 9. The van der Waals surface area contributed by atoms with Crippen LogP contribution < -0.4 is 14.2 Å². The molecule has 146 valence electrons. The van der Waals surface area contributed by atoms with Crippen LogP contribution in [0.25, 0.3) is 0 Å². The highest BCUT2D eigenvalue weighted by Crippen LogP contribution is 2.39. The van der Waals surface area contributed by atoms with Crippen molar-refractivity contribution in [3.8, 4) is 17.2 Å². The second-order valence-corrected chi connectivity index (χ2v) is 5.97. The average molecular weight is 372 g/mol. The van der Waals surface area contributed by atoms with Gasteiger partial charge in [-0.15, -0.1) is 0 Å². The molecule has 0 N–H and O–H groups in total. The molecule has 1 aromatic carbocycles. The SMILES string of the molecule is CCOc1cc(C(=O)N(C)C(C)c2ccncc2)cc(OCC)c1OCC. The first-order valence-corrected chi connectivity index (χ1v) is 9.26. The highest BCUT2D eigenvalue weighted by molar-refractivity contribution is 5.95. The van der Waals surface area contributed by atoms with E-state index in [1.54, 1.807) is 36.5 Å². The van der Waals surface area contributed by atoms with Crippen LogP contribution in [0.4, 0.5) is 0 Å². The molecule has 2 rings (SSSR count). The highest BCUT2D eigenvalue weighted by atomic mass is 16.5. The summed E-state index contributed by atoms with van der Waals surface area (Å²) in [5.74, 6) is 1.43. The van der Waals surface area contributed by atoms with Crippen LogP contribution in [0.3, 0.4) is 0 Å². The van der Waals surface area contributed by atoms with Crippen molar-refractivity contribution in [1.82, 2.24) is 9.88 Å². The fraction of sp³-hybridized carbons (Fsp3) is 0.429. The molecule has 1 atom stereocenters. The van der Waals surface area contributed by atoms with Gasteiger partial charge >= 0.3 is 0 Å². The zero-order chi connectivity index (χ0) is 19.8. The maximum Gasteiger partial charge on any atom is 0.254 e. The molecule has 0 saturated carbocycles. The summed E-state index contributed by atoms with van der Waals surface area (Å²) in [6.07, 6.45) is 3.45. The fourth-order valence-corrected chi connectivity index (χ4v) is 2.76.